The molecule has 0 aliphatic carbocycles. The highest BCUT2D eigenvalue weighted by molar-refractivity contribution is 5.86. The summed E-state index contributed by atoms with van der Waals surface area (Å²) in [5, 5.41) is 0. The number of guanidine groups is 1. The number of rotatable bonds is 3. The molecule has 2 rings (SSSR count). The molecule has 0 saturated carbocycles. The van der Waals surface area contributed by atoms with Crippen LogP contribution in [0.15, 0.2) is 29.3 Å². The largest absolute Gasteiger partial charge is 0.469 e. The molecule has 0 saturated heterocycles. The number of aliphatic imine (C=N–C) groups is 1. The molecule has 108 valence electrons. The van der Waals surface area contributed by atoms with Crippen LogP contribution in [0, 0.1) is 0 Å². The molecule has 0 fully saturated rings. The van der Waals surface area contributed by atoms with Crippen LogP contribution in [0.2, 0.25) is 0 Å². The first kappa shape index (κ1) is 14.4. The smallest absolute Gasteiger partial charge is 0.307 e. The topological polar surface area (TPSA) is 45.1 Å². The first-order valence-corrected chi connectivity index (χ1v) is 6.76. The summed E-state index contributed by atoms with van der Waals surface area (Å²) in [6, 6.07) is 7.93. The van der Waals surface area contributed by atoms with E-state index >= 15 is 0 Å². The summed E-state index contributed by atoms with van der Waals surface area (Å²) >= 11 is 0. The van der Waals surface area contributed by atoms with Gasteiger partial charge in [0.25, 0.3) is 0 Å². The van der Waals surface area contributed by atoms with E-state index in [4.69, 9.17) is 9.73 Å². The molecule has 1 heterocycles. The Balaban J connectivity index is 2.47. The van der Waals surface area contributed by atoms with Crippen LogP contribution < -0.4 is 0 Å². The molecule has 1 aliphatic rings. The minimum atomic E-state index is -0.205. The minimum Gasteiger partial charge on any atom is -0.469 e. The number of benzene rings is 1. The predicted octanol–water partition coefficient (Wildman–Crippen LogP) is 2.18. The van der Waals surface area contributed by atoms with Crippen molar-refractivity contribution in [3.8, 4) is 0 Å². The van der Waals surface area contributed by atoms with E-state index in [2.05, 4.69) is 11.8 Å². The van der Waals surface area contributed by atoms with Crippen LogP contribution in [-0.2, 0) is 9.53 Å². The van der Waals surface area contributed by atoms with Crippen molar-refractivity contribution in [2.45, 2.75) is 19.4 Å². The Morgan fingerprint density at radius 2 is 2.10 bits per heavy atom. The van der Waals surface area contributed by atoms with Gasteiger partial charge in [0.2, 0.25) is 5.96 Å². The lowest BCUT2D eigenvalue weighted by atomic mass is 9.98. The van der Waals surface area contributed by atoms with Gasteiger partial charge in [-0.25, -0.2) is 4.99 Å². The van der Waals surface area contributed by atoms with Crippen LogP contribution in [0.25, 0.3) is 0 Å². The van der Waals surface area contributed by atoms with Gasteiger partial charge >= 0.3 is 5.97 Å². The summed E-state index contributed by atoms with van der Waals surface area (Å²) < 4.78 is 4.84. The van der Waals surface area contributed by atoms with Crippen LogP contribution in [-0.4, -0.2) is 49.5 Å². The third-order valence-corrected chi connectivity index (χ3v) is 3.48. The SMILES string of the molecule is CCN1C(N(C)C)=Nc2ccccc2C1CC(=O)OC. The molecule has 1 aliphatic heterocycles. The van der Waals surface area contributed by atoms with Crippen LogP contribution in [0.1, 0.15) is 24.9 Å². The molecule has 0 aromatic heterocycles. The summed E-state index contributed by atoms with van der Waals surface area (Å²) in [6.07, 6.45) is 0.328. The maximum Gasteiger partial charge on any atom is 0.307 e. The molecule has 0 N–H and O–H groups in total. The monoisotopic (exact) mass is 275 g/mol. The molecule has 5 nitrogen and oxygen atoms in total. The van der Waals surface area contributed by atoms with Crippen molar-refractivity contribution >= 4 is 17.6 Å². The first-order chi connectivity index (χ1) is 9.58. The third-order valence-electron chi connectivity index (χ3n) is 3.48. The Labute approximate surface area is 119 Å². The van der Waals surface area contributed by atoms with Gasteiger partial charge in [0.15, 0.2) is 0 Å². The number of fused-ring (bicyclic) bond motifs is 1. The Hall–Kier alpha value is -2.04. The highest BCUT2D eigenvalue weighted by atomic mass is 16.5. The summed E-state index contributed by atoms with van der Waals surface area (Å²) in [6.45, 7) is 2.85. The standard InChI is InChI=1S/C15H21N3O2/c1-5-18-13(10-14(19)20-4)11-8-6-7-9-12(11)16-15(18)17(2)3/h6-9,13H,5,10H2,1-4H3. The number of esters is 1. The zero-order valence-electron chi connectivity index (χ0n) is 12.5. The fourth-order valence-electron chi connectivity index (χ4n) is 2.53. The first-order valence-electron chi connectivity index (χ1n) is 6.76. The van der Waals surface area contributed by atoms with Crippen molar-refractivity contribution in [3.05, 3.63) is 29.8 Å². The van der Waals surface area contributed by atoms with Gasteiger partial charge in [-0.3, -0.25) is 4.79 Å². The quantitative estimate of drug-likeness (QED) is 0.793. The molecule has 1 unspecified atom stereocenters. The van der Waals surface area contributed by atoms with Gasteiger partial charge in [0.05, 0.1) is 25.3 Å². The lowest BCUT2D eigenvalue weighted by molar-refractivity contribution is -0.141. The van der Waals surface area contributed by atoms with E-state index in [-0.39, 0.29) is 12.0 Å². The van der Waals surface area contributed by atoms with Crippen molar-refractivity contribution in [1.82, 2.24) is 9.80 Å². The van der Waals surface area contributed by atoms with E-state index in [0.29, 0.717) is 6.42 Å². The zero-order chi connectivity index (χ0) is 14.7. The maximum absolute atomic E-state index is 11.7. The van der Waals surface area contributed by atoms with Gasteiger partial charge in [-0.2, -0.15) is 0 Å². The number of carbonyl (C=O) groups excluding carboxylic acids is 1. The molecule has 20 heavy (non-hydrogen) atoms. The number of hydrogen-bond acceptors (Lipinski definition) is 5. The van der Waals surface area contributed by atoms with Crippen molar-refractivity contribution in [1.29, 1.82) is 0 Å². The number of hydrogen-bond donors (Lipinski definition) is 0. The summed E-state index contributed by atoms with van der Waals surface area (Å²) in [7, 11) is 5.35. The zero-order valence-corrected chi connectivity index (χ0v) is 12.5. The number of para-hydroxylation sites is 1. The Kier molecular flexibility index (Phi) is 4.27. The van der Waals surface area contributed by atoms with Gasteiger partial charge in [-0.1, -0.05) is 18.2 Å². The normalized spacial score (nSPS) is 17.3. The van der Waals surface area contributed by atoms with Gasteiger partial charge < -0.3 is 14.5 Å². The fraction of sp³-hybridized carbons (Fsp3) is 0.467. The number of carbonyl (C=O) groups is 1. The molecule has 0 radical (unpaired) electrons. The van der Waals surface area contributed by atoms with Crippen molar-refractivity contribution in [2.24, 2.45) is 4.99 Å². The average molecular weight is 275 g/mol. The third kappa shape index (κ3) is 2.61. The van der Waals surface area contributed by atoms with E-state index in [0.717, 1.165) is 23.8 Å². The van der Waals surface area contributed by atoms with Crippen LogP contribution >= 0.6 is 0 Å². The fourth-order valence-corrected chi connectivity index (χ4v) is 2.53. The van der Waals surface area contributed by atoms with Crippen LogP contribution in [0.5, 0.6) is 0 Å². The lowest BCUT2D eigenvalue weighted by Gasteiger charge is -2.39. The van der Waals surface area contributed by atoms with Crippen molar-refractivity contribution in [2.75, 3.05) is 27.7 Å². The van der Waals surface area contributed by atoms with E-state index in [1.54, 1.807) is 0 Å². The molecular formula is C15H21N3O2. The molecule has 1 atom stereocenters. The molecule has 5 heteroatoms. The van der Waals surface area contributed by atoms with Crippen LogP contribution in [0.3, 0.4) is 0 Å². The number of nitrogens with zero attached hydrogens (tertiary/aromatic N) is 3. The second kappa shape index (κ2) is 5.94. The van der Waals surface area contributed by atoms with E-state index in [1.807, 2.05) is 43.3 Å². The number of methoxy groups -OCH3 is 1. The Morgan fingerprint density at radius 1 is 1.40 bits per heavy atom. The second-order valence-electron chi connectivity index (χ2n) is 4.95. The molecule has 0 bridgehead atoms. The van der Waals surface area contributed by atoms with Gasteiger partial charge in [-0.15, -0.1) is 0 Å². The highest BCUT2D eigenvalue weighted by Gasteiger charge is 2.31. The van der Waals surface area contributed by atoms with Crippen molar-refractivity contribution in [3.63, 3.8) is 0 Å². The summed E-state index contributed by atoms with van der Waals surface area (Å²) in [5.74, 6) is 0.670. The average Bonchev–Trinajstić information content (AvgIpc) is 2.46. The summed E-state index contributed by atoms with van der Waals surface area (Å²) in [5.41, 5.74) is 2.00. The van der Waals surface area contributed by atoms with Crippen LogP contribution in [0.4, 0.5) is 5.69 Å². The van der Waals surface area contributed by atoms with E-state index < -0.39 is 0 Å². The number of ether oxygens (including phenoxy) is 1. The second-order valence-corrected chi connectivity index (χ2v) is 4.95. The van der Waals surface area contributed by atoms with Gasteiger partial charge in [0.1, 0.15) is 0 Å². The van der Waals surface area contributed by atoms with Gasteiger partial charge in [0, 0.05) is 26.2 Å². The Bertz CT molecular complexity index is 526. The molecular weight excluding hydrogens is 254 g/mol. The minimum absolute atomic E-state index is 0.0291. The maximum atomic E-state index is 11.7. The van der Waals surface area contributed by atoms with Crippen molar-refractivity contribution < 1.29 is 9.53 Å². The summed E-state index contributed by atoms with van der Waals surface area (Å²) in [4.78, 5) is 20.5. The lowest BCUT2D eigenvalue weighted by Crippen LogP contribution is -2.45. The molecule has 1 aromatic carbocycles. The Morgan fingerprint density at radius 3 is 2.70 bits per heavy atom. The molecule has 1 aromatic rings. The van der Waals surface area contributed by atoms with E-state index in [9.17, 15) is 4.79 Å². The molecule has 0 amide bonds. The van der Waals surface area contributed by atoms with E-state index in [1.165, 1.54) is 7.11 Å². The highest BCUT2D eigenvalue weighted by Crippen LogP contribution is 2.37. The predicted molar refractivity (Wildman–Crippen MR) is 79.0 cm³/mol. The van der Waals surface area contributed by atoms with Gasteiger partial charge in [-0.05, 0) is 13.0 Å². The molecule has 0 spiro atoms.